The standard InChI is InChI=1S/C25H20N6O3S/c1-35(33,34)22-7-3-6-19(24(22)26)18-12-23-29-14-21(31(23)30-13-18)16-8-9-28-20(11-16)15-4-2-5-17(10-15)25(27)32/h2-14H,26H2,1H3,(H2,27,32). The Hall–Kier alpha value is -4.57. The number of nitrogens with zero attached hydrogens (tertiary/aromatic N) is 4. The fraction of sp³-hybridized carbons (Fsp3) is 0.0400. The molecule has 1 amide bonds. The van der Waals surface area contributed by atoms with Gasteiger partial charge in [0.2, 0.25) is 5.91 Å². The molecule has 0 fully saturated rings. The molecule has 4 N–H and O–H groups in total. The Bertz CT molecular complexity index is 1730. The molecule has 2 aromatic carbocycles. The number of pyridine rings is 1. The number of nitrogen functional groups attached to an aromatic ring is 1. The van der Waals surface area contributed by atoms with Crippen LogP contribution in [0.15, 0.2) is 84.1 Å². The molecule has 0 aliphatic carbocycles. The van der Waals surface area contributed by atoms with Crippen molar-refractivity contribution in [2.45, 2.75) is 4.90 Å². The van der Waals surface area contributed by atoms with Crippen LogP contribution in [0.3, 0.4) is 0 Å². The third-order valence-corrected chi connectivity index (χ3v) is 6.79. The topological polar surface area (TPSA) is 146 Å². The zero-order chi connectivity index (χ0) is 24.7. The van der Waals surface area contributed by atoms with Gasteiger partial charge in [0.05, 0.1) is 34.4 Å². The number of imidazole rings is 1. The Balaban J connectivity index is 1.56. The lowest BCUT2D eigenvalue weighted by molar-refractivity contribution is 0.100. The quantitative estimate of drug-likeness (QED) is 0.364. The average molecular weight is 485 g/mol. The van der Waals surface area contributed by atoms with E-state index in [1.165, 1.54) is 6.07 Å². The monoisotopic (exact) mass is 484 g/mol. The van der Waals surface area contributed by atoms with Crippen molar-refractivity contribution in [3.63, 3.8) is 0 Å². The molecule has 0 aliphatic rings. The summed E-state index contributed by atoms with van der Waals surface area (Å²) in [6.07, 6.45) is 6.11. The number of benzene rings is 2. The zero-order valence-corrected chi connectivity index (χ0v) is 19.4. The van der Waals surface area contributed by atoms with E-state index in [2.05, 4.69) is 15.1 Å². The summed E-state index contributed by atoms with van der Waals surface area (Å²) in [5, 5.41) is 4.53. The summed E-state index contributed by atoms with van der Waals surface area (Å²) in [7, 11) is -3.47. The van der Waals surface area contributed by atoms with E-state index >= 15 is 0 Å². The van der Waals surface area contributed by atoms with Crippen molar-refractivity contribution >= 4 is 27.1 Å². The summed E-state index contributed by atoms with van der Waals surface area (Å²) >= 11 is 0. The largest absolute Gasteiger partial charge is 0.397 e. The number of carbonyl (C=O) groups excluding carboxylic acids is 1. The highest BCUT2D eigenvalue weighted by atomic mass is 32.2. The van der Waals surface area contributed by atoms with Crippen LogP contribution in [0, 0.1) is 0 Å². The van der Waals surface area contributed by atoms with Crippen molar-refractivity contribution in [2.75, 3.05) is 12.0 Å². The normalized spacial score (nSPS) is 11.6. The Kier molecular flexibility index (Phi) is 5.29. The number of sulfone groups is 1. The van der Waals surface area contributed by atoms with Gasteiger partial charge in [0.1, 0.15) is 0 Å². The number of carbonyl (C=O) groups is 1. The lowest BCUT2D eigenvalue weighted by Gasteiger charge is -2.10. The molecule has 3 aromatic heterocycles. The number of primary amides is 1. The fourth-order valence-corrected chi connectivity index (χ4v) is 4.75. The second-order valence-electron chi connectivity index (χ2n) is 8.02. The minimum absolute atomic E-state index is 0.0728. The number of para-hydroxylation sites is 1. The first-order valence-corrected chi connectivity index (χ1v) is 12.4. The number of anilines is 1. The number of hydrogen-bond donors (Lipinski definition) is 2. The van der Waals surface area contributed by atoms with E-state index in [1.54, 1.807) is 59.5 Å². The first kappa shape index (κ1) is 22.2. The SMILES string of the molecule is CS(=O)(=O)c1cccc(-c2cnn3c(-c4ccnc(-c5cccc(C(N)=O)c5)c4)cnc3c2)c1N. The minimum Gasteiger partial charge on any atom is -0.397 e. The van der Waals surface area contributed by atoms with Crippen molar-refractivity contribution in [3.8, 4) is 33.6 Å². The molecule has 0 unspecified atom stereocenters. The molecule has 0 spiro atoms. The van der Waals surface area contributed by atoms with Crippen molar-refractivity contribution in [2.24, 2.45) is 5.73 Å². The van der Waals surface area contributed by atoms with Crippen LogP contribution in [0.5, 0.6) is 0 Å². The molecule has 174 valence electrons. The highest BCUT2D eigenvalue weighted by Crippen LogP contribution is 2.32. The summed E-state index contributed by atoms with van der Waals surface area (Å²) in [6.45, 7) is 0. The fourth-order valence-electron chi connectivity index (χ4n) is 3.92. The van der Waals surface area contributed by atoms with Gasteiger partial charge in [0, 0.05) is 40.3 Å². The Morgan fingerprint density at radius 3 is 2.49 bits per heavy atom. The van der Waals surface area contributed by atoms with E-state index in [-0.39, 0.29) is 10.6 Å². The molecule has 0 aliphatic heterocycles. The number of rotatable bonds is 5. The van der Waals surface area contributed by atoms with Gasteiger partial charge in [-0.3, -0.25) is 9.78 Å². The average Bonchev–Trinajstić information content (AvgIpc) is 3.27. The van der Waals surface area contributed by atoms with Gasteiger partial charge in [0.15, 0.2) is 15.5 Å². The molecular weight excluding hydrogens is 464 g/mol. The molecule has 0 saturated heterocycles. The molecule has 10 heteroatoms. The predicted octanol–water partition coefficient (Wildman–Crippen LogP) is 3.21. The lowest BCUT2D eigenvalue weighted by Crippen LogP contribution is -2.10. The summed E-state index contributed by atoms with van der Waals surface area (Å²) in [5.74, 6) is -0.507. The molecule has 0 saturated carbocycles. The maximum atomic E-state index is 12.1. The van der Waals surface area contributed by atoms with Gasteiger partial charge < -0.3 is 11.5 Å². The predicted molar refractivity (Wildman–Crippen MR) is 133 cm³/mol. The van der Waals surface area contributed by atoms with Gasteiger partial charge in [-0.2, -0.15) is 5.10 Å². The molecule has 0 bridgehead atoms. The van der Waals surface area contributed by atoms with Crippen LogP contribution in [0.1, 0.15) is 10.4 Å². The van der Waals surface area contributed by atoms with Crippen molar-refractivity contribution in [3.05, 3.63) is 84.8 Å². The smallest absolute Gasteiger partial charge is 0.248 e. The van der Waals surface area contributed by atoms with Crippen LogP contribution in [-0.4, -0.2) is 40.2 Å². The summed E-state index contributed by atoms with van der Waals surface area (Å²) in [6, 6.07) is 17.4. The summed E-state index contributed by atoms with van der Waals surface area (Å²) < 4.78 is 25.8. The van der Waals surface area contributed by atoms with Gasteiger partial charge in [-0.05, 0) is 36.4 Å². The van der Waals surface area contributed by atoms with Crippen LogP contribution in [-0.2, 0) is 9.84 Å². The van der Waals surface area contributed by atoms with E-state index in [0.29, 0.717) is 28.0 Å². The van der Waals surface area contributed by atoms with Crippen molar-refractivity contribution in [1.29, 1.82) is 0 Å². The van der Waals surface area contributed by atoms with Crippen LogP contribution < -0.4 is 11.5 Å². The maximum Gasteiger partial charge on any atom is 0.248 e. The van der Waals surface area contributed by atoms with E-state index < -0.39 is 15.7 Å². The second kappa shape index (κ2) is 8.33. The van der Waals surface area contributed by atoms with Crippen LogP contribution in [0.4, 0.5) is 5.69 Å². The van der Waals surface area contributed by atoms with Gasteiger partial charge in [-0.15, -0.1) is 0 Å². The third kappa shape index (κ3) is 4.11. The number of nitrogens with two attached hydrogens (primary N) is 2. The molecule has 0 atom stereocenters. The molecule has 5 aromatic rings. The van der Waals surface area contributed by atoms with Crippen molar-refractivity contribution in [1.82, 2.24) is 19.6 Å². The third-order valence-electron chi connectivity index (χ3n) is 5.64. The van der Waals surface area contributed by atoms with Gasteiger partial charge >= 0.3 is 0 Å². The summed E-state index contributed by atoms with van der Waals surface area (Å²) in [4.78, 5) is 20.5. The van der Waals surface area contributed by atoms with Crippen LogP contribution in [0.2, 0.25) is 0 Å². The number of fused-ring (bicyclic) bond motifs is 1. The van der Waals surface area contributed by atoms with Crippen LogP contribution in [0.25, 0.3) is 39.3 Å². The van der Waals surface area contributed by atoms with Gasteiger partial charge in [-0.25, -0.2) is 17.9 Å². The van der Waals surface area contributed by atoms with E-state index in [0.717, 1.165) is 23.1 Å². The zero-order valence-electron chi connectivity index (χ0n) is 18.6. The highest BCUT2D eigenvalue weighted by Gasteiger charge is 2.17. The highest BCUT2D eigenvalue weighted by molar-refractivity contribution is 7.90. The minimum atomic E-state index is -3.47. The molecular formula is C25H20N6O3S. The lowest BCUT2D eigenvalue weighted by atomic mass is 10.0. The number of hydrogen-bond acceptors (Lipinski definition) is 7. The van der Waals surface area contributed by atoms with Crippen molar-refractivity contribution < 1.29 is 13.2 Å². The molecule has 5 rings (SSSR count). The van der Waals surface area contributed by atoms with E-state index in [9.17, 15) is 13.2 Å². The molecule has 9 nitrogen and oxygen atoms in total. The van der Waals surface area contributed by atoms with E-state index in [4.69, 9.17) is 11.5 Å². The number of amides is 1. The molecule has 0 radical (unpaired) electrons. The Morgan fingerprint density at radius 1 is 0.914 bits per heavy atom. The molecule has 35 heavy (non-hydrogen) atoms. The Morgan fingerprint density at radius 2 is 1.71 bits per heavy atom. The Labute approximate surface area is 201 Å². The second-order valence-corrected chi connectivity index (χ2v) is 10.0. The first-order valence-electron chi connectivity index (χ1n) is 10.5. The maximum absolute atomic E-state index is 12.1. The molecule has 3 heterocycles. The van der Waals surface area contributed by atoms with Gasteiger partial charge in [-0.1, -0.05) is 24.3 Å². The van der Waals surface area contributed by atoms with Gasteiger partial charge in [0.25, 0.3) is 0 Å². The van der Waals surface area contributed by atoms with E-state index in [1.807, 2.05) is 18.2 Å². The number of aromatic nitrogens is 4. The summed E-state index contributed by atoms with van der Waals surface area (Å²) in [5.41, 5.74) is 16.9. The van der Waals surface area contributed by atoms with Crippen LogP contribution >= 0.6 is 0 Å². The first-order chi connectivity index (χ1) is 16.7.